The van der Waals surface area contributed by atoms with Crippen LogP contribution >= 0.6 is 0 Å². The van der Waals surface area contributed by atoms with Crippen LogP contribution in [0.1, 0.15) is 18.5 Å². The second-order valence-electron chi connectivity index (χ2n) is 4.45. The lowest BCUT2D eigenvalue weighted by molar-refractivity contribution is 0.414. The van der Waals surface area contributed by atoms with Crippen molar-refractivity contribution in [3.8, 4) is 5.75 Å². The summed E-state index contributed by atoms with van der Waals surface area (Å²) in [5.41, 5.74) is 7.33. The Kier molecular flexibility index (Phi) is 4.76. The van der Waals surface area contributed by atoms with Crippen LogP contribution in [0.4, 0.5) is 5.69 Å². The van der Waals surface area contributed by atoms with Gasteiger partial charge in [0.25, 0.3) is 0 Å². The zero-order valence-electron chi connectivity index (χ0n) is 11.5. The molecule has 0 saturated heterocycles. The van der Waals surface area contributed by atoms with Gasteiger partial charge >= 0.3 is 0 Å². The normalized spacial score (nSPS) is 13.7. The molecule has 2 aromatic rings. The van der Waals surface area contributed by atoms with E-state index in [0.29, 0.717) is 10.6 Å². The molecule has 0 aliphatic carbocycles. The zero-order chi connectivity index (χ0) is 14.5. The molecule has 0 spiro atoms. The van der Waals surface area contributed by atoms with Crippen molar-refractivity contribution >= 4 is 16.7 Å². The number of hydrogen-bond donors (Lipinski definition) is 2. The summed E-state index contributed by atoms with van der Waals surface area (Å²) in [5.74, 6) is 0.806. The number of benzene rings is 2. The Bertz CT molecular complexity index is 582. The molecular weight excluding hydrogens is 272 g/mol. The van der Waals surface area contributed by atoms with Crippen LogP contribution in [0.25, 0.3) is 0 Å². The third-order valence-corrected chi connectivity index (χ3v) is 4.26. The fraction of sp³-hybridized carbons (Fsp3) is 0.200. The molecule has 0 amide bonds. The summed E-state index contributed by atoms with van der Waals surface area (Å²) in [6.45, 7) is 1.97. The first-order valence-electron chi connectivity index (χ1n) is 6.27. The summed E-state index contributed by atoms with van der Waals surface area (Å²) in [5, 5.41) is 0. The standard InChI is InChI=1S/C15H18N2O2S/c1-11(12-3-7-14(19-2)8-4-12)17-20(18)15-9-5-13(16)6-10-15/h3-11,17H,16H2,1-2H3. The van der Waals surface area contributed by atoms with Gasteiger partial charge in [0.15, 0.2) is 0 Å². The van der Waals surface area contributed by atoms with Gasteiger partial charge in [-0.1, -0.05) is 12.1 Å². The van der Waals surface area contributed by atoms with Crippen molar-refractivity contribution < 1.29 is 8.95 Å². The van der Waals surface area contributed by atoms with Crippen LogP contribution in [0.15, 0.2) is 53.4 Å². The fourth-order valence-corrected chi connectivity index (χ4v) is 2.76. The Hall–Kier alpha value is -1.85. The van der Waals surface area contributed by atoms with E-state index in [1.54, 1.807) is 31.4 Å². The molecule has 2 unspecified atom stereocenters. The number of nitrogens with two attached hydrogens (primary N) is 1. The fourth-order valence-electron chi connectivity index (χ4n) is 1.78. The van der Waals surface area contributed by atoms with Crippen LogP contribution in [-0.4, -0.2) is 11.3 Å². The van der Waals surface area contributed by atoms with Crippen LogP contribution in [-0.2, 0) is 11.0 Å². The van der Waals surface area contributed by atoms with Crippen molar-refractivity contribution in [3.05, 3.63) is 54.1 Å². The maximum Gasteiger partial charge on any atom is 0.125 e. The average molecular weight is 290 g/mol. The number of hydrogen-bond acceptors (Lipinski definition) is 3. The van der Waals surface area contributed by atoms with E-state index < -0.39 is 11.0 Å². The molecule has 5 heteroatoms. The molecule has 3 N–H and O–H groups in total. The monoisotopic (exact) mass is 290 g/mol. The van der Waals surface area contributed by atoms with Gasteiger partial charge in [0, 0.05) is 11.7 Å². The summed E-state index contributed by atoms with van der Waals surface area (Å²) in [6, 6.07) is 14.7. The second kappa shape index (κ2) is 6.54. The minimum absolute atomic E-state index is 0.0284. The molecule has 0 saturated carbocycles. The number of anilines is 1. The van der Waals surface area contributed by atoms with E-state index in [0.717, 1.165) is 11.3 Å². The summed E-state index contributed by atoms with van der Waals surface area (Å²) in [6.07, 6.45) is 0. The molecule has 0 bridgehead atoms. The van der Waals surface area contributed by atoms with Gasteiger partial charge < -0.3 is 10.5 Å². The Morgan fingerprint density at radius 2 is 1.70 bits per heavy atom. The van der Waals surface area contributed by atoms with Crippen molar-refractivity contribution in [3.63, 3.8) is 0 Å². The van der Waals surface area contributed by atoms with E-state index in [2.05, 4.69) is 4.72 Å². The molecule has 106 valence electrons. The topological polar surface area (TPSA) is 64.3 Å². The minimum Gasteiger partial charge on any atom is -0.497 e. The first-order chi connectivity index (χ1) is 9.60. The average Bonchev–Trinajstić information content (AvgIpc) is 2.48. The largest absolute Gasteiger partial charge is 0.497 e. The smallest absolute Gasteiger partial charge is 0.125 e. The van der Waals surface area contributed by atoms with Crippen molar-refractivity contribution in [2.45, 2.75) is 17.9 Å². The summed E-state index contributed by atoms with van der Waals surface area (Å²) >= 11 is 0. The Morgan fingerprint density at radius 3 is 2.25 bits per heavy atom. The SMILES string of the molecule is COc1ccc(C(C)NS(=O)c2ccc(N)cc2)cc1. The highest BCUT2D eigenvalue weighted by atomic mass is 32.2. The molecule has 0 heterocycles. The van der Waals surface area contributed by atoms with Crippen LogP contribution in [0.3, 0.4) is 0 Å². The van der Waals surface area contributed by atoms with E-state index in [4.69, 9.17) is 10.5 Å². The molecular formula is C15H18N2O2S. The highest BCUT2D eigenvalue weighted by Crippen LogP contribution is 2.19. The maximum absolute atomic E-state index is 12.2. The number of nitrogens with one attached hydrogen (secondary N) is 1. The van der Waals surface area contributed by atoms with E-state index in [1.807, 2.05) is 31.2 Å². The van der Waals surface area contributed by atoms with Gasteiger partial charge in [-0.2, -0.15) is 0 Å². The molecule has 4 nitrogen and oxygen atoms in total. The van der Waals surface area contributed by atoms with Gasteiger partial charge in [0.2, 0.25) is 0 Å². The summed E-state index contributed by atoms with van der Waals surface area (Å²) in [4.78, 5) is 0.708. The first kappa shape index (κ1) is 14.6. The van der Waals surface area contributed by atoms with Gasteiger partial charge in [0.05, 0.1) is 12.0 Å². The number of methoxy groups -OCH3 is 1. The molecule has 0 radical (unpaired) electrons. The summed E-state index contributed by atoms with van der Waals surface area (Å²) < 4.78 is 20.4. The molecule has 2 aromatic carbocycles. The van der Waals surface area contributed by atoms with E-state index in [1.165, 1.54) is 0 Å². The van der Waals surface area contributed by atoms with E-state index in [9.17, 15) is 4.21 Å². The van der Waals surface area contributed by atoms with Gasteiger partial charge in [-0.3, -0.25) is 0 Å². The van der Waals surface area contributed by atoms with Crippen molar-refractivity contribution in [2.75, 3.05) is 12.8 Å². The molecule has 0 aliphatic rings. The first-order valence-corrected chi connectivity index (χ1v) is 7.42. The van der Waals surface area contributed by atoms with Crippen LogP contribution in [0.5, 0.6) is 5.75 Å². The lowest BCUT2D eigenvalue weighted by Gasteiger charge is -2.14. The van der Waals surface area contributed by atoms with Gasteiger partial charge in [-0.15, -0.1) is 0 Å². The van der Waals surface area contributed by atoms with E-state index in [-0.39, 0.29) is 6.04 Å². The molecule has 0 aliphatic heterocycles. The maximum atomic E-state index is 12.2. The zero-order valence-corrected chi connectivity index (χ0v) is 12.3. The third kappa shape index (κ3) is 3.59. The van der Waals surface area contributed by atoms with Crippen molar-refractivity contribution in [1.29, 1.82) is 0 Å². The number of nitrogen functional groups attached to an aromatic ring is 1. The predicted molar refractivity (Wildman–Crippen MR) is 81.8 cm³/mol. The molecule has 0 aromatic heterocycles. The number of rotatable bonds is 5. The molecule has 0 fully saturated rings. The third-order valence-electron chi connectivity index (χ3n) is 2.99. The van der Waals surface area contributed by atoms with Crippen LogP contribution in [0, 0.1) is 0 Å². The second-order valence-corrected chi connectivity index (χ2v) is 5.70. The van der Waals surface area contributed by atoms with Gasteiger partial charge in [0.1, 0.15) is 16.7 Å². The Labute approximate surface area is 121 Å². The lowest BCUT2D eigenvalue weighted by atomic mass is 10.1. The van der Waals surface area contributed by atoms with Gasteiger partial charge in [-0.05, 0) is 48.9 Å². The molecule has 20 heavy (non-hydrogen) atoms. The lowest BCUT2D eigenvalue weighted by Crippen LogP contribution is -2.21. The highest BCUT2D eigenvalue weighted by Gasteiger charge is 2.10. The highest BCUT2D eigenvalue weighted by molar-refractivity contribution is 7.83. The Balaban J connectivity index is 2.04. The van der Waals surface area contributed by atoms with Crippen LogP contribution in [0.2, 0.25) is 0 Å². The van der Waals surface area contributed by atoms with Gasteiger partial charge in [-0.25, -0.2) is 8.93 Å². The molecule has 2 rings (SSSR count). The predicted octanol–water partition coefficient (Wildman–Crippen LogP) is 2.65. The number of ether oxygens (including phenoxy) is 1. The van der Waals surface area contributed by atoms with Crippen LogP contribution < -0.4 is 15.2 Å². The van der Waals surface area contributed by atoms with Crippen molar-refractivity contribution in [2.24, 2.45) is 0 Å². The minimum atomic E-state index is -1.27. The summed E-state index contributed by atoms with van der Waals surface area (Å²) in [7, 11) is 0.366. The quantitative estimate of drug-likeness (QED) is 0.832. The van der Waals surface area contributed by atoms with Crippen molar-refractivity contribution in [1.82, 2.24) is 4.72 Å². The van der Waals surface area contributed by atoms with E-state index >= 15 is 0 Å². The Morgan fingerprint density at radius 1 is 1.10 bits per heavy atom. The molecule has 2 atom stereocenters.